The van der Waals surface area contributed by atoms with E-state index in [1.54, 1.807) is 13.1 Å². The minimum atomic E-state index is 0.0128. The van der Waals surface area contributed by atoms with Gasteiger partial charge in [-0.15, -0.1) is 0 Å². The van der Waals surface area contributed by atoms with Gasteiger partial charge < -0.3 is 5.32 Å². The lowest BCUT2D eigenvalue weighted by Gasteiger charge is -2.40. The maximum absolute atomic E-state index is 12.3. The molecule has 0 unspecified atom stereocenters. The number of nitrogens with zero attached hydrogens (tertiary/aromatic N) is 3. The maximum Gasteiger partial charge on any atom is 0.316 e. The number of carbonyl (C=O) groups is 2. The molecule has 26 heavy (non-hydrogen) atoms. The number of carbonyl (C=O) groups excluding carboxylic acids is 2. The summed E-state index contributed by atoms with van der Waals surface area (Å²) in [4.78, 5) is 31.1. The van der Waals surface area contributed by atoms with Crippen molar-refractivity contribution in [1.29, 1.82) is 0 Å². The molecule has 1 saturated heterocycles. The highest BCUT2D eigenvalue weighted by Gasteiger charge is 2.40. The van der Waals surface area contributed by atoms with Gasteiger partial charge in [0.25, 0.3) is 0 Å². The van der Waals surface area contributed by atoms with Crippen LogP contribution in [0, 0.1) is 0 Å². The molecule has 0 saturated carbocycles. The van der Waals surface area contributed by atoms with E-state index in [4.69, 9.17) is 0 Å². The molecular weight excluding hydrogens is 328 g/mol. The van der Waals surface area contributed by atoms with Gasteiger partial charge in [-0.25, -0.2) is 14.3 Å². The predicted molar refractivity (Wildman–Crippen MR) is 103 cm³/mol. The molecule has 1 aliphatic heterocycles. The number of piperazine rings is 1. The largest absolute Gasteiger partial charge is 0.326 e. The first-order valence-electron chi connectivity index (χ1n) is 8.97. The van der Waals surface area contributed by atoms with E-state index in [9.17, 15) is 9.59 Å². The van der Waals surface area contributed by atoms with Crippen LogP contribution in [-0.2, 0) is 9.59 Å². The molecule has 0 bridgehead atoms. The Balaban J connectivity index is 1.53. The smallest absolute Gasteiger partial charge is 0.316 e. The fraction of sp³-hybridized carbons (Fsp3) is 0.350. The second kappa shape index (κ2) is 8.21. The van der Waals surface area contributed by atoms with Gasteiger partial charge in [-0.1, -0.05) is 24.3 Å². The van der Waals surface area contributed by atoms with E-state index in [0.717, 1.165) is 24.6 Å². The van der Waals surface area contributed by atoms with Gasteiger partial charge >= 0.3 is 5.91 Å². The van der Waals surface area contributed by atoms with Crippen LogP contribution in [0.25, 0.3) is 0 Å². The quantitative estimate of drug-likeness (QED) is 0.838. The Morgan fingerprint density at radius 3 is 2.38 bits per heavy atom. The Labute approximate surface area is 154 Å². The number of quaternary nitrogens is 1. The molecule has 2 aromatic rings. The number of nitrogens with one attached hydrogen (secondary N) is 1. The van der Waals surface area contributed by atoms with Gasteiger partial charge in [0.05, 0.1) is 6.92 Å². The summed E-state index contributed by atoms with van der Waals surface area (Å²) < 4.78 is 0.285. The van der Waals surface area contributed by atoms with Crippen molar-refractivity contribution >= 4 is 23.3 Å². The molecule has 6 nitrogen and oxygen atoms in total. The summed E-state index contributed by atoms with van der Waals surface area (Å²) in [7, 11) is 0. The van der Waals surface area contributed by atoms with Crippen molar-refractivity contribution < 1.29 is 9.59 Å². The summed E-state index contributed by atoms with van der Waals surface area (Å²) >= 11 is 0. The van der Waals surface area contributed by atoms with Crippen LogP contribution in [0.1, 0.15) is 13.3 Å². The lowest BCUT2D eigenvalue weighted by atomic mass is 10.2. The van der Waals surface area contributed by atoms with Gasteiger partial charge in [-0.2, -0.15) is 0 Å². The normalized spacial score (nSPS) is 16.8. The summed E-state index contributed by atoms with van der Waals surface area (Å²) in [5, 5.41) is 2.91. The molecule has 0 spiro atoms. The average molecular weight is 353 g/mol. The van der Waals surface area contributed by atoms with Crippen LogP contribution in [0.15, 0.2) is 54.7 Å². The number of amides is 2. The second-order valence-corrected chi connectivity index (χ2v) is 6.63. The number of hydrogen-bond donors (Lipinski definition) is 1. The predicted octanol–water partition coefficient (Wildman–Crippen LogP) is 2.28. The molecule has 1 aliphatic rings. The minimum Gasteiger partial charge on any atom is -0.326 e. The Bertz CT molecular complexity index is 741. The molecule has 1 aromatic carbocycles. The number of benzene rings is 1. The highest BCUT2D eigenvalue weighted by Crippen LogP contribution is 2.23. The van der Waals surface area contributed by atoms with Crippen molar-refractivity contribution in [3.8, 4) is 0 Å². The van der Waals surface area contributed by atoms with E-state index in [0.29, 0.717) is 26.1 Å². The third-order valence-electron chi connectivity index (χ3n) is 5.00. The van der Waals surface area contributed by atoms with Gasteiger partial charge in [0.1, 0.15) is 13.1 Å². The number of anilines is 1. The van der Waals surface area contributed by atoms with E-state index < -0.39 is 0 Å². The summed E-state index contributed by atoms with van der Waals surface area (Å²) in [6.45, 7) is 5.25. The molecule has 0 atom stereocenters. The first-order chi connectivity index (χ1) is 12.6. The van der Waals surface area contributed by atoms with E-state index in [-0.39, 0.29) is 16.3 Å². The summed E-state index contributed by atoms with van der Waals surface area (Å²) in [5.41, 5.74) is 0.818. The number of aromatic nitrogens is 1. The van der Waals surface area contributed by atoms with Crippen LogP contribution >= 0.6 is 0 Å². The van der Waals surface area contributed by atoms with Crippen molar-refractivity contribution in [2.24, 2.45) is 0 Å². The van der Waals surface area contributed by atoms with Crippen LogP contribution in [0.5, 0.6) is 0 Å². The van der Waals surface area contributed by atoms with E-state index in [1.807, 2.05) is 48.5 Å². The molecule has 3 rings (SSSR count). The average Bonchev–Trinajstić information content (AvgIpc) is 2.68. The molecule has 1 N–H and O–H groups in total. The third-order valence-corrected chi connectivity index (χ3v) is 5.00. The van der Waals surface area contributed by atoms with E-state index in [1.165, 1.54) is 0 Å². The van der Waals surface area contributed by atoms with Gasteiger partial charge in [-0.05, 0) is 18.2 Å². The van der Waals surface area contributed by atoms with Crippen LogP contribution in [0.2, 0.25) is 0 Å². The fourth-order valence-electron chi connectivity index (χ4n) is 3.39. The second-order valence-electron chi connectivity index (χ2n) is 6.63. The van der Waals surface area contributed by atoms with Crippen LogP contribution in [0.4, 0.5) is 11.5 Å². The zero-order chi connectivity index (χ0) is 18.4. The van der Waals surface area contributed by atoms with Crippen LogP contribution in [-0.4, -0.2) is 54.4 Å². The van der Waals surface area contributed by atoms with Gasteiger partial charge in [-0.3, -0.25) is 9.69 Å². The Morgan fingerprint density at radius 2 is 1.77 bits per heavy atom. The summed E-state index contributed by atoms with van der Waals surface area (Å²) in [6, 6.07) is 15.2. The Hall–Kier alpha value is -2.57. The molecular formula is C20H25N4O2+. The molecule has 136 valence electrons. The standard InChI is InChI=1S/C20H24N4O2/c1-17(25)24(19-9-5-6-11-21-19)15-13-23(14-16-24)12-10-20(26)22-18-7-3-2-4-8-18/h2-9,11H,10,12-16H2,1H3/p+1. The highest BCUT2D eigenvalue weighted by atomic mass is 16.2. The zero-order valence-electron chi connectivity index (χ0n) is 15.1. The fourth-order valence-corrected chi connectivity index (χ4v) is 3.39. The van der Waals surface area contributed by atoms with Crippen LogP contribution < -0.4 is 9.80 Å². The van der Waals surface area contributed by atoms with Crippen molar-refractivity contribution in [3.63, 3.8) is 0 Å². The molecule has 0 radical (unpaired) electrons. The SMILES string of the molecule is CC(=O)[N+]1(c2ccccn2)CCN(CCC(=O)Nc2ccccc2)CC1. The molecule has 2 heterocycles. The first-order valence-corrected chi connectivity index (χ1v) is 8.97. The summed E-state index contributed by atoms with van der Waals surface area (Å²) in [5.74, 6) is 0.936. The van der Waals surface area contributed by atoms with Crippen molar-refractivity contribution in [3.05, 3.63) is 54.7 Å². The minimum absolute atomic E-state index is 0.0128. The van der Waals surface area contributed by atoms with E-state index >= 15 is 0 Å². The lowest BCUT2D eigenvalue weighted by molar-refractivity contribution is -0.130. The Morgan fingerprint density at radius 1 is 1.08 bits per heavy atom. The van der Waals surface area contributed by atoms with Gasteiger partial charge in [0.15, 0.2) is 0 Å². The van der Waals surface area contributed by atoms with Gasteiger partial charge in [0.2, 0.25) is 11.7 Å². The number of para-hydroxylation sites is 1. The molecule has 1 fully saturated rings. The van der Waals surface area contributed by atoms with Crippen molar-refractivity contribution in [2.45, 2.75) is 13.3 Å². The van der Waals surface area contributed by atoms with Crippen molar-refractivity contribution in [1.82, 2.24) is 14.4 Å². The third kappa shape index (κ3) is 4.15. The molecule has 6 heteroatoms. The number of rotatable bonds is 5. The van der Waals surface area contributed by atoms with Gasteiger partial charge in [0, 0.05) is 44.0 Å². The number of hydrogen-bond acceptors (Lipinski definition) is 4. The van der Waals surface area contributed by atoms with Crippen LogP contribution in [0.3, 0.4) is 0 Å². The lowest BCUT2D eigenvalue weighted by Crippen LogP contribution is -2.63. The molecule has 0 aliphatic carbocycles. The summed E-state index contributed by atoms with van der Waals surface area (Å²) in [6.07, 6.45) is 2.18. The highest BCUT2D eigenvalue weighted by molar-refractivity contribution is 5.90. The monoisotopic (exact) mass is 353 g/mol. The molecule has 2 amide bonds. The number of pyridine rings is 1. The van der Waals surface area contributed by atoms with Crippen molar-refractivity contribution in [2.75, 3.05) is 38.0 Å². The first kappa shape index (κ1) is 18.2. The molecule has 1 aromatic heterocycles. The maximum atomic E-state index is 12.3. The Kier molecular flexibility index (Phi) is 5.75. The topological polar surface area (TPSA) is 62.3 Å². The van der Waals surface area contributed by atoms with E-state index in [2.05, 4.69) is 15.2 Å². The zero-order valence-corrected chi connectivity index (χ0v) is 15.1.